The fraction of sp³-hybridized carbons (Fsp3) is 0.538. The van der Waals surface area contributed by atoms with E-state index in [1.54, 1.807) is 6.20 Å². The lowest BCUT2D eigenvalue weighted by Crippen LogP contribution is -2.40. The Kier molecular flexibility index (Phi) is 2.81. The zero-order valence-corrected chi connectivity index (χ0v) is 9.80. The van der Waals surface area contributed by atoms with Gasteiger partial charge in [0.15, 0.2) is 0 Å². The summed E-state index contributed by atoms with van der Waals surface area (Å²) in [6.07, 6.45) is 3.32. The van der Waals surface area contributed by atoms with Crippen molar-refractivity contribution in [1.29, 1.82) is 0 Å². The molecule has 1 amide bonds. The molecular weight excluding hydrogens is 214 g/mol. The van der Waals surface area contributed by atoms with Gasteiger partial charge < -0.3 is 10.2 Å². The van der Waals surface area contributed by atoms with E-state index in [-0.39, 0.29) is 5.91 Å². The summed E-state index contributed by atoms with van der Waals surface area (Å²) in [6.45, 7) is 2.94. The van der Waals surface area contributed by atoms with E-state index < -0.39 is 0 Å². The van der Waals surface area contributed by atoms with Crippen molar-refractivity contribution in [2.45, 2.75) is 18.9 Å². The van der Waals surface area contributed by atoms with Gasteiger partial charge in [-0.25, -0.2) is 0 Å². The largest absolute Gasteiger partial charge is 0.338 e. The second-order valence-electron chi connectivity index (χ2n) is 4.86. The van der Waals surface area contributed by atoms with Crippen molar-refractivity contribution in [3.05, 3.63) is 30.1 Å². The number of carbonyl (C=O) groups is 1. The number of fused-ring (bicyclic) bond motifs is 1. The molecule has 0 bridgehead atoms. The zero-order chi connectivity index (χ0) is 11.7. The van der Waals surface area contributed by atoms with Gasteiger partial charge in [0.1, 0.15) is 0 Å². The smallest absolute Gasteiger partial charge is 0.228 e. The molecular formula is C13H17N3O. The van der Waals surface area contributed by atoms with Crippen molar-refractivity contribution in [2.75, 3.05) is 19.6 Å². The van der Waals surface area contributed by atoms with E-state index in [0.717, 1.165) is 31.7 Å². The molecule has 2 saturated heterocycles. The highest BCUT2D eigenvalue weighted by Gasteiger charge is 2.39. The molecule has 2 aliphatic heterocycles. The molecule has 2 atom stereocenters. The molecule has 2 aliphatic rings. The molecule has 3 rings (SSSR count). The van der Waals surface area contributed by atoms with E-state index in [1.165, 1.54) is 0 Å². The second-order valence-corrected chi connectivity index (χ2v) is 4.86. The standard InChI is InChI=1S/C13H17N3O/c17-13(7-11-3-1-2-5-15-11)16-6-4-10-8-14-9-12(10)16/h1-3,5,10,12,14H,4,6-9H2/t10-,12+/m0/s1. The summed E-state index contributed by atoms with van der Waals surface area (Å²) >= 11 is 0. The predicted molar refractivity (Wildman–Crippen MR) is 64.4 cm³/mol. The van der Waals surface area contributed by atoms with Crippen molar-refractivity contribution in [1.82, 2.24) is 15.2 Å². The molecule has 1 aromatic rings. The van der Waals surface area contributed by atoms with Crippen LogP contribution in [0.1, 0.15) is 12.1 Å². The van der Waals surface area contributed by atoms with Gasteiger partial charge in [-0.3, -0.25) is 9.78 Å². The van der Waals surface area contributed by atoms with Crippen LogP contribution < -0.4 is 5.32 Å². The summed E-state index contributed by atoms with van der Waals surface area (Å²) in [6, 6.07) is 6.14. The average Bonchev–Trinajstić information content (AvgIpc) is 2.91. The number of nitrogens with one attached hydrogen (secondary N) is 1. The van der Waals surface area contributed by atoms with Crippen LogP contribution in [0.3, 0.4) is 0 Å². The van der Waals surface area contributed by atoms with E-state index in [9.17, 15) is 4.79 Å². The highest BCUT2D eigenvalue weighted by atomic mass is 16.2. The first kappa shape index (κ1) is 10.7. The molecule has 0 saturated carbocycles. The third kappa shape index (κ3) is 2.05. The molecule has 2 fully saturated rings. The second kappa shape index (κ2) is 4.45. The van der Waals surface area contributed by atoms with E-state index in [1.807, 2.05) is 23.1 Å². The quantitative estimate of drug-likeness (QED) is 0.803. The molecule has 0 aromatic carbocycles. The maximum Gasteiger partial charge on any atom is 0.228 e. The van der Waals surface area contributed by atoms with Crippen LogP contribution in [0, 0.1) is 5.92 Å². The molecule has 90 valence electrons. The Morgan fingerprint density at radius 3 is 3.24 bits per heavy atom. The van der Waals surface area contributed by atoms with Gasteiger partial charge >= 0.3 is 0 Å². The van der Waals surface area contributed by atoms with Crippen LogP contribution >= 0.6 is 0 Å². The summed E-state index contributed by atoms with van der Waals surface area (Å²) in [4.78, 5) is 18.5. The van der Waals surface area contributed by atoms with E-state index in [0.29, 0.717) is 18.4 Å². The van der Waals surface area contributed by atoms with E-state index in [2.05, 4.69) is 10.3 Å². The van der Waals surface area contributed by atoms with Gasteiger partial charge in [-0.15, -0.1) is 0 Å². The first-order valence-electron chi connectivity index (χ1n) is 6.24. The molecule has 0 spiro atoms. The highest BCUT2D eigenvalue weighted by Crippen LogP contribution is 2.27. The monoisotopic (exact) mass is 231 g/mol. The van der Waals surface area contributed by atoms with Gasteiger partial charge in [0.05, 0.1) is 6.42 Å². The van der Waals surface area contributed by atoms with Gasteiger partial charge in [0.25, 0.3) is 0 Å². The zero-order valence-electron chi connectivity index (χ0n) is 9.80. The number of carbonyl (C=O) groups excluding carboxylic acids is 1. The number of aromatic nitrogens is 1. The molecule has 0 radical (unpaired) electrons. The number of likely N-dealkylation sites (tertiary alicyclic amines) is 1. The first-order chi connectivity index (χ1) is 8.34. The topological polar surface area (TPSA) is 45.2 Å². The van der Waals surface area contributed by atoms with Gasteiger partial charge in [-0.2, -0.15) is 0 Å². The Balaban J connectivity index is 1.67. The molecule has 4 nitrogen and oxygen atoms in total. The number of pyridine rings is 1. The highest BCUT2D eigenvalue weighted by molar-refractivity contribution is 5.79. The third-order valence-corrected chi connectivity index (χ3v) is 3.82. The number of rotatable bonds is 2. The molecule has 4 heteroatoms. The summed E-state index contributed by atoms with van der Waals surface area (Å²) < 4.78 is 0. The summed E-state index contributed by atoms with van der Waals surface area (Å²) in [5, 5.41) is 3.36. The first-order valence-corrected chi connectivity index (χ1v) is 6.24. The van der Waals surface area contributed by atoms with Crippen LogP contribution in [0.2, 0.25) is 0 Å². The van der Waals surface area contributed by atoms with Crippen molar-refractivity contribution in [3.63, 3.8) is 0 Å². The number of hydrogen-bond donors (Lipinski definition) is 1. The van der Waals surface area contributed by atoms with Crippen LogP contribution in [0.5, 0.6) is 0 Å². The SMILES string of the molecule is O=C(Cc1ccccn1)N1CC[C@H]2CNC[C@H]21. The van der Waals surface area contributed by atoms with Crippen LogP contribution in [-0.2, 0) is 11.2 Å². The Hall–Kier alpha value is -1.42. The van der Waals surface area contributed by atoms with Crippen molar-refractivity contribution in [3.8, 4) is 0 Å². The Morgan fingerprint density at radius 2 is 2.41 bits per heavy atom. The van der Waals surface area contributed by atoms with Gasteiger partial charge in [-0.1, -0.05) is 6.07 Å². The number of nitrogens with zero attached hydrogens (tertiary/aromatic N) is 2. The number of amides is 1. The van der Waals surface area contributed by atoms with E-state index in [4.69, 9.17) is 0 Å². The summed E-state index contributed by atoms with van der Waals surface area (Å²) in [5.74, 6) is 0.891. The van der Waals surface area contributed by atoms with Gasteiger partial charge in [-0.05, 0) is 24.5 Å². The summed E-state index contributed by atoms with van der Waals surface area (Å²) in [7, 11) is 0. The minimum Gasteiger partial charge on any atom is -0.338 e. The maximum absolute atomic E-state index is 12.2. The molecule has 0 aliphatic carbocycles. The Bertz CT molecular complexity index is 406. The fourth-order valence-electron chi connectivity index (χ4n) is 2.92. The van der Waals surface area contributed by atoms with Crippen molar-refractivity contribution in [2.24, 2.45) is 5.92 Å². The average molecular weight is 231 g/mol. The number of hydrogen-bond acceptors (Lipinski definition) is 3. The third-order valence-electron chi connectivity index (χ3n) is 3.82. The fourth-order valence-corrected chi connectivity index (χ4v) is 2.92. The normalized spacial score (nSPS) is 27.2. The predicted octanol–water partition coefficient (Wildman–Crippen LogP) is 0.444. The molecule has 1 aromatic heterocycles. The van der Waals surface area contributed by atoms with Crippen LogP contribution in [0.15, 0.2) is 24.4 Å². The van der Waals surface area contributed by atoms with Crippen molar-refractivity contribution < 1.29 is 4.79 Å². The summed E-state index contributed by atoms with van der Waals surface area (Å²) in [5.41, 5.74) is 0.868. The van der Waals surface area contributed by atoms with Crippen LogP contribution in [0.4, 0.5) is 0 Å². The maximum atomic E-state index is 12.2. The van der Waals surface area contributed by atoms with E-state index >= 15 is 0 Å². The molecule has 1 N–H and O–H groups in total. The lowest BCUT2D eigenvalue weighted by atomic mass is 10.1. The van der Waals surface area contributed by atoms with Crippen LogP contribution in [0.25, 0.3) is 0 Å². The minimum atomic E-state index is 0.222. The minimum absolute atomic E-state index is 0.222. The Morgan fingerprint density at radius 1 is 1.47 bits per heavy atom. The molecule has 17 heavy (non-hydrogen) atoms. The van der Waals surface area contributed by atoms with Crippen molar-refractivity contribution >= 4 is 5.91 Å². The molecule has 3 heterocycles. The van der Waals surface area contributed by atoms with Gasteiger partial charge in [0, 0.05) is 37.6 Å². The lowest BCUT2D eigenvalue weighted by Gasteiger charge is -2.23. The lowest BCUT2D eigenvalue weighted by molar-refractivity contribution is -0.131. The molecule has 0 unspecified atom stereocenters. The van der Waals surface area contributed by atoms with Gasteiger partial charge in [0.2, 0.25) is 5.91 Å². The Labute approximate surface area is 101 Å². The van der Waals surface area contributed by atoms with Crippen LogP contribution in [-0.4, -0.2) is 41.5 Å².